The maximum absolute atomic E-state index is 14.2. The molecule has 2 aromatic heterocycles. The quantitative estimate of drug-likeness (QED) is 0.453. The normalized spacial score (nSPS) is 20.1. The van der Waals surface area contributed by atoms with Crippen LogP contribution in [0, 0.1) is 5.92 Å². The van der Waals surface area contributed by atoms with E-state index in [1.54, 1.807) is 37.3 Å². The van der Waals surface area contributed by atoms with Gasteiger partial charge >= 0.3 is 0 Å². The third kappa shape index (κ3) is 6.01. The van der Waals surface area contributed by atoms with E-state index in [0.717, 1.165) is 19.3 Å². The zero-order valence-electron chi connectivity index (χ0n) is 23.7. The van der Waals surface area contributed by atoms with E-state index in [1.165, 1.54) is 4.57 Å². The van der Waals surface area contributed by atoms with Crippen molar-refractivity contribution in [2.75, 3.05) is 62.7 Å². The van der Waals surface area contributed by atoms with Gasteiger partial charge < -0.3 is 24.8 Å². The lowest BCUT2D eigenvalue weighted by Gasteiger charge is -2.31. The number of nitrogens with one attached hydrogen (secondary N) is 1. The van der Waals surface area contributed by atoms with E-state index in [1.807, 2.05) is 14.7 Å². The molecule has 0 spiro atoms. The first kappa shape index (κ1) is 28.3. The van der Waals surface area contributed by atoms with Gasteiger partial charge in [-0.2, -0.15) is 9.97 Å². The van der Waals surface area contributed by atoms with Crippen LogP contribution in [0.2, 0.25) is 0 Å². The Balaban J connectivity index is 1.20. The second-order valence-corrected chi connectivity index (χ2v) is 11.2. The zero-order valence-corrected chi connectivity index (χ0v) is 23.7. The van der Waals surface area contributed by atoms with Gasteiger partial charge in [-0.15, -0.1) is 0 Å². The van der Waals surface area contributed by atoms with Crippen LogP contribution in [-0.4, -0.2) is 99.7 Å². The van der Waals surface area contributed by atoms with Gasteiger partial charge in [0.15, 0.2) is 5.82 Å². The van der Waals surface area contributed by atoms with E-state index in [4.69, 9.17) is 14.7 Å². The minimum Gasteiger partial charge on any atom is -0.378 e. The Hall–Kier alpha value is -3.87. The second-order valence-electron chi connectivity index (χ2n) is 11.2. The number of halogens is 2. The number of alkyl halides is 2. The van der Waals surface area contributed by atoms with Gasteiger partial charge in [0.2, 0.25) is 17.8 Å². The highest BCUT2D eigenvalue weighted by Crippen LogP contribution is 2.30. The van der Waals surface area contributed by atoms with Gasteiger partial charge in [-0.1, -0.05) is 12.1 Å². The van der Waals surface area contributed by atoms with Crippen molar-refractivity contribution in [3.05, 3.63) is 36.2 Å². The fourth-order valence-corrected chi connectivity index (χ4v) is 6.09. The Labute approximate surface area is 242 Å². The molecule has 224 valence electrons. The van der Waals surface area contributed by atoms with Crippen LogP contribution in [0.3, 0.4) is 0 Å². The largest absolute Gasteiger partial charge is 0.378 e. The summed E-state index contributed by atoms with van der Waals surface area (Å²) >= 11 is 0. The number of nitrogens with zero attached hydrogens (tertiary/aromatic N) is 7. The number of imidazole rings is 1. The predicted octanol–water partition coefficient (Wildman–Crippen LogP) is 3.25. The Bertz CT molecular complexity index is 1440. The van der Waals surface area contributed by atoms with Crippen LogP contribution >= 0.6 is 0 Å². The molecule has 42 heavy (non-hydrogen) atoms. The average molecular weight is 583 g/mol. The maximum atomic E-state index is 14.2. The van der Waals surface area contributed by atoms with E-state index in [2.05, 4.69) is 10.3 Å². The van der Waals surface area contributed by atoms with E-state index < -0.39 is 6.43 Å². The molecule has 3 aliphatic heterocycles. The Morgan fingerprint density at radius 1 is 1.00 bits per heavy atom. The van der Waals surface area contributed by atoms with E-state index >= 15 is 0 Å². The highest BCUT2D eigenvalue weighted by molar-refractivity contribution is 5.79. The highest BCUT2D eigenvalue weighted by atomic mass is 19.3. The number of para-hydroxylation sites is 2. The molecule has 0 unspecified atom stereocenters. The number of aromatic nitrogens is 4. The number of likely N-dealkylation sites (tertiary alicyclic amines) is 2. The fraction of sp³-hybridized carbons (Fsp3) is 0.552. The van der Waals surface area contributed by atoms with E-state index in [0.29, 0.717) is 87.5 Å². The minimum absolute atomic E-state index is 0.0390. The molecule has 13 heteroatoms. The smallest absolute Gasteiger partial charge is 0.296 e. The first-order valence-electron chi connectivity index (χ1n) is 14.6. The summed E-state index contributed by atoms with van der Waals surface area (Å²) in [4.78, 5) is 44.1. The van der Waals surface area contributed by atoms with Crippen molar-refractivity contribution < 1.29 is 23.1 Å². The van der Waals surface area contributed by atoms with Gasteiger partial charge in [-0.3, -0.25) is 14.2 Å². The number of ether oxygens (including phenoxy) is 1. The first-order valence-corrected chi connectivity index (χ1v) is 14.6. The molecule has 1 atom stereocenters. The number of rotatable bonds is 7. The molecule has 1 N–H and O–H groups in total. The molecule has 0 saturated carbocycles. The molecule has 0 bridgehead atoms. The Morgan fingerprint density at radius 2 is 1.74 bits per heavy atom. The molecule has 3 aromatic rings. The molecule has 3 fully saturated rings. The lowest BCUT2D eigenvalue weighted by molar-refractivity contribution is -0.132. The summed E-state index contributed by atoms with van der Waals surface area (Å²) in [5.41, 5.74) is 1.00. The number of benzene rings is 1. The van der Waals surface area contributed by atoms with Gasteiger partial charge in [-0.25, -0.2) is 13.8 Å². The number of carbonyl (C=O) groups excluding carboxylic acids is 2. The number of carbonyl (C=O) groups is 2. The third-order valence-corrected chi connectivity index (χ3v) is 8.42. The molecular formula is C29H36F2N8O3. The number of hydrogen-bond donors (Lipinski definition) is 1. The number of piperidine rings is 1. The zero-order chi connectivity index (χ0) is 29.2. The Morgan fingerprint density at radius 3 is 2.48 bits per heavy atom. The Kier molecular flexibility index (Phi) is 8.18. The number of morpholine rings is 1. The van der Waals surface area contributed by atoms with Crippen LogP contribution < -0.4 is 10.2 Å². The van der Waals surface area contributed by atoms with Crippen molar-refractivity contribution >= 4 is 34.6 Å². The number of fused-ring (bicyclic) bond motifs is 1. The van der Waals surface area contributed by atoms with Crippen LogP contribution in [0.15, 0.2) is 30.3 Å². The molecule has 6 rings (SSSR count). The lowest BCUT2D eigenvalue weighted by Crippen LogP contribution is -2.39. The van der Waals surface area contributed by atoms with Crippen LogP contribution in [0.4, 0.5) is 20.5 Å². The van der Waals surface area contributed by atoms with Crippen molar-refractivity contribution in [2.24, 2.45) is 5.92 Å². The fourth-order valence-electron chi connectivity index (χ4n) is 6.09. The molecular weight excluding hydrogens is 546 g/mol. The van der Waals surface area contributed by atoms with Crippen molar-refractivity contribution in [2.45, 2.75) is 45.1 Å². The highest BCUT2D eigenvalue weighted by Gasteiger charge is 2.30. The summed E-state index contributed by atoms with van der Waals surface area (Å²) in [6.45, 7) is 6.41. The third-order valence-electron chi connectivity index (χ3n) is 8.42. The van der Waals surface area contributed by atoms with Gasteiger partial charge in [0, 0.05) is 64.7 Å². The summed E-state index contributed by atoms with van der Waals surface area (Å²) in [7, 11) is 0. The second kappa shape index (κ2) is 12.2. The van der Waals surface area contributed by atoms with Gasteiger partial charge in [0.25, 0.3) is 6.43 Å². The standard InChI is InChI=1S/C29H36F2N8O3/c1-19(40)36-9-6-20(7-10-36)16-26(41)38-11-8-21(18-38)32-24-17-25(35-29(34-24)37-12-14-42-15-13-37)39-23-5-3-2-4-22(23)33-28(39)27(30)31/h2-5,17,20-21,27H,6-16,18H2,1H3,(H,32,34,35)/t21-/m0/s1. The molecule has 11 nitrogen and oxygen atoms in total. The summed E-state index contributed by atoms with van der Waals surface area (Å²) in [5, 5.41) is 3.46. The summed E-state index contributed by atoms with van der Waals surface area (Å²) in [6.07, 6.45) is 0.134. The van der Waals surface area contributed by atoms with Crippen LogP contribution in [0.25, 0.3) is 16.9 Å². The van der Waals surface area contributed by atoms with Gasteiger partial charge in [0.1, 0.15) is 11.6 Å². The summed E-state index contributed by atoms with van der Waals surface area (Å²) in [6, 6.07) is 8.65. The lowest BCUT2D eigenvalue weighted by atomic mass is 9.93. The topological polar surface area (TPSA) is 109 Å². The predicted molar refractivity (Wildman–Crippen MR) is 153 cm³/mol. The molecule has 0 aliphatic carbocycles. The van der Waals surface area contributed by atoms with E-state index in [-0.39, 0.29) is 29.6 Å². The van der Waals surface area contributed by atoms with Gasteiger partial charge in [0.05, 0.1) is 24.2 Å². The van der Waals surface area contributed by atoms with Crippen molar-refractivity contribution in [3.63, 3.8) is 0 Å². The molecule has 5 heterocycles. The van der Waals surface area contributed by atoms with Crippen LogP contribution in [0.1, 0.15) is 44.9 Å². The van der Waals surface area contributed by atoms with Crippen LogP contribution in [-0.2, 0) is 14.3 Å². The number of hydrogen-bond acceptors (Lipinski definition) is 8. The van der Waals surface area contributed by atoms with Crippen molar-refractivity contribution in [1.82, 2.24) is 29.3 Å². The monoisotopic (exact) mass is 582 g/mol. The summed E-state index contributed by atoms with van der Waals surface area (Å²) < 4.78 is 35.2. The minimum atomic E-state index is -2.79. The SMILES string of the molecule is CC(=O)N1CCC(CC(=O)N2CC[C@H](Nc3cc(-n4c(C(F)F)nc5ccccc54)nc(N4CCOCC4)n3)C2)CC1. The molecule has 0 radical (unpaired) electrons. The number of amides is 2. The van der Waals surface area contributed by atoms with Gasteiger partial charge in [-0.05, 0) is 37.3 Å². The summed E-state index contributed by atoms with van der Waals surface area (Å²) in [5.74, 6) is 1.37. The molecule has 2 amide bonds. The average Bonchev–Trinajstić information content (AvgIpc) is 3.63. The molecule has 3 saturated heterocycles. The molecule has 3 aliphatic rings. The first-order chi connectivity index (χ1) is 20.4. The molecule has 1 aromatic carbocycles. The van der Waals surface area contributed by atoms with Crippen molar-refractivity contribution in [1.29, 1.82) is 0 Å². The maximum Gasteiger partial charge on any atom is 0.296 e. The van der Waals surface area contributed by atoms with Crippen LogP contribution in [0.5, 0.6) is 0 Å². The number of anilines is 2. The van der Waals surface area contributed by atoms with Crippen molar-refractivity contribution in [3.8, 4) is 5.82 Å². The van der Waals surface area contributed by atoms with E-state index in [9.17, 15) is 18.4 Å².